The molecule has 1 aliphatic rings. The van der Waals surface area contributed by atoms with Gasteiger partial charge in [-0.2, -0.15) is 0 Å². The Morgan fingerprint density at radius 1 is 1.45 bits per heavy atom. The van der Waals surface area contributed by atoms with E-state index >= 15 is 0 Å². The van der Waals surface area contributed by atoms with E-state index in [1.54, 1.807) is 18.2 Å². The summed E-state index contributed by atoms with van der Waals surface area (Å²) >= 11 is 10.1. The molecule has 0 bridgehead atoms. The lowest BCUT2D eigenvalue weighted by Crippen LogP contribution is -2.39. The molecule has 1 aromatic carbocycles. The second kappa shape index (κ2) is 7.85. The molecule has 2 rings (SSSR count). The van der Waals surface area contributed by atoms with Crippen LogP contribution in [-0.4, -0.2) is 47.4 Å². The van der Waals surface area contributed by atoms with Crippen molar-refractivity contribution in [1.29, 1.82) is 0 Å². The molecule has 1 aromatic rings. The van der Waals surface area contributed by atoms with Crippen LogP contribution in [0.2, 0.25) is 5.02 Å². The molecule has 0 radical (unpaired) electrons. The first-order valence-corrected chi connectivity index (χ1v) is 8.44. The quantitative estimate of drug-likeness (QED) is 0.783. The van der Waals surface area contributed by atoms with Crippen LogP contribution < -0.4 is 10.1 Å². The van der Waals surface area contributed by atoms with Gasteiger partial charge in [0, 0.05) is 18.1 Å². The summed E-state index contributed by atoms with van der Waals surface area (Å²) in [5.74, 6) is 0.0977. The highest BCUT2D eigenvalue weighted by molar-refractivity contribution is 9.10. The first-order valence-electron chi connectivity index (χ1n) is 6.29. The molecule has 0 saturated carbocycles. The van der Waals surface area contributed by atoms with Gasteiger partial charge in [-0.3, -0.25) is 19.3 Å². The fraction of sp³-hybridized carbons (Fsp3) is 0.308. The number of rotatable bonds is 6. The Morgan fingerprint density at radius 3 is 2.86 bits per heavy atom. The standard InChI is InChI=1S/C13H12BrClN2O4S/c14-9-5-8(15)1-2-10(9)21-6-11(18)16-3-4-17-12(19)7-22-13(17)20/h1-2,5H,3-4,6-7H2,(H,16,18). The van der Waals surface area contributed by atoms with Crippen LogP contribution in [0.5, 0.6) is 5.75 Å². The van der Waals surface area contributed by atoms with Gasteiger partial charge in [-0.15, -0.1) is 0 Å². The van der Waals surface area contributed by atoms with Crippen molar-refractivity contribution >= 4 is 56.3 Å². The molecule has 0 aromatic heterocycles. The largest absolute Gasteiger partial charge is 0.483 e. The first kappa shape index (κ1) is 17.1. The third-order valence-electron chi connectivity index (χ3n) is 2.75. The van der Waals surface area contributed by atoms with E-state index in [4.69, 9.17) is 16.3 Å². The Hall–Kier alpha value is -1.25. The summed E-state index contributed by atoms with van der Waals surface area (Å²) in [6.07, 6.45) is 0. The number of nitrogens with zero attached hydrogens (tertiary/aromatic N) is 1. The zero-order valence-corrected chi connectivity index (χ0v) is 14.5. The molecule has 0 atom stereocenters. The van der Waals surface area contributed by atoms with Crippen molar-refractivity contribution in [3.63, 3.8) is 0 Å². The predicted molar refractivity (Wildman–Crippen MR) is 87.2 cm³/mol. The van der Waals surface area contributed by atoms with Crippen molar-refractivity contribution in [1.82, 2.24) is 10.2 Å². The maximum Gasteiger partial charge on any atom is 0.288 e. The molecule has 118 valence electrons. The van der Waals surface area contributed by atoms with E-state index in [0.717, 1.165) is 16.7 Å². The van der Waals surface area contributed by atoms with E-state index < -0.39 is 0 Å². The minimum Gasteiger partial charge on any atom is -0.483 e. The van der Waals surface area contributed by atoms with Crippen LogP contribution in [-0.2, 0) is 9.59 Å². The van der Waals surface area contributed by atoms with Crippen molar-refractivity contribution in [3.05, 3.63) is 27.7 Å². The van der Waals surface area contributed by atoms with Crippen molar-refractivity contribution in [2.45, 2.75) is 0 Å². The monoisotopic (exact) mass is 406 g/mol. The van der Waals surface area contributed by atoms with Gasteiger partial charge in [0.15, 0.2) is 6.61 Å². The highest BCUT2D eigenvalue weighted by Gasteiger charge is 2.29. The highest BCUT2D eigenvalue weighted by Crippen LogP contribution is 2.27. The Kier molecular flexibility index (Phi) is 6.10. The van der Waals surface area contributed by atoms with E-state index in [2.05, 4.69) is 21.2 Å². The fourth-order valence-electron chi connectivity index (χ4n) is 1.69. The molecule has 0 spiro atoms. The van der Waals surface area contributed by atoms with Gasteiger partial charge in [-0.25, -0.2) is 0 Å². The van der Waals surface area contributed by atoms with Crippen LogP contribution in [0, 0.1) is 0 Å². The van der Waals surface area contributed by atoms with Crippen LogP contribution in [0.3, 0.4) is 0 Å². The minimum atomic E-state index is -0.339. The summed E-state index contributed by atoms with van der Waals surface area (Å²) in [7, 11) is 0. The number of thioether (sulfide) groups is 1. The van der Waals surface area contributed by atoms with Crippen molar-refractivity contribution in [2.24, 2.45) is 0 Å². The lowest BCUT2D eigenvalue weighted by molar-refractivity contribution is -0.126. The molecular formula is C13H12BrClN2O4S. The van der Waals surface area contributed by atoms with Gasteiger partial charge in [-0.1, -0.05) is 23.4 Å². The number of ether oxygens (including phenoxy) is 1. The number of hydrogen-bond donors (Lipinski definition) is 1. The first-order chi connectivity index (χ1) is 10.5. The minimum absolute atomic E-state index is 0.167. The molecule has 0 aliphatic carbocycles. The Bertz CT molecular complexity index is 598. The average Bonchev–Trinajstić information content (AvgIpc) is 2.78. The van der Waals surface area contributed by atoms with Crippen LogP contribution >= 0.6 is 39.3 Å². The van der Waals surface area contributed by atoms with Crippen molar-refractivity contribution < 1.29 is 19.1 Å². The zero-order valence-electron chi connectivity index (χ0n) is 11.3. The molecular weight excluding hydrogens is 396 g/mol. The van der Waals surface area contributed by atoms with E-state index in [0.29, 0.717) is 15.2 Å². The average molecular weight is 408 g/mol. The summed E-state index contributed by atoms with van der Waals surface area (Å²) < 4.78 is 6.00. The smallest absolute Gasteiger partial charge is 0.288 e. The van der Waals surface area contributed by atoms with Crippen LogP contribution in [0.1, 0.15) is 0 Å². The van der Waals surface area contributed by atoms with Gasteiger partial charge in [-0.05, 0) is 34.1 Å². The van der Waals surface area contributed by atoms with Gasteiger partial charge in [0.1, 0.15) is 5.75 Å². The molecule has 22 heavy (non-hydrogen) atoms. The number of carbonyl (C=O) groups excluding carboxylic acids is 3. The molecule has 1 N–H and O–H groups in total. The van der Waals surface area contributed by atoms with Crippen LogP contribution in [0.15, 0.2) is 22.7 Å². The van der Waals surface area contributed by atoms with Gasteiger partial charge >= 0.3 is 0 Å². The normalized spacial score (nSPS) is 14.4. The second-order valence-electron chi connectivity index (χ2n) is 4.31. The highest BCUT2D eigenvalue weighted by atomic mass is 79.9. The van der Waals surface area contributed by atoms with E-state index in [1.807, 2.05) is 0 Å². The molecule has 3 amide bonds. The van der Waals surface area contributed by atoms with E-state index in [-0.39, 0.29) is 42.5 Å². The van der Waals surface area contributed by atoms with Gasteiger partial charge in [0.25, 0.3) is 11.1 Å². The summed E-state index contributed by atoms with van der Waals surface area (Å²) in [5.41, 5.74) is 0. The summed E-state index contributed by atoms with van der Waals surface area (Å²) in [5, 5.41) is 2.87. The maximum absolute atomic E-state index is 11.7. The molecule has 6 nitrogen and oxygen atoms in total. The van der Waals surface area contributed by atoms with Gasteiger partial charge in [0.05, 0.1) is 10.2 Å². The second-order valence-corrected chi connectivity index (χ2v) is 6.53. The molecule has 0 unspecified atom stereocenters. The molecule has 9 heteroatoms. The number of imide groups is 1. The molecule has 1 saturated heterocycles. The Balaban J connectivity index is 1.72. The van der Waals surface area contributed by atoms with Gasteiger partial charge in [0.2, 0.25) is 5.91 Å². The molecule has 1 aliphatic heterocycles. The Labute approximate surface area is 144 Å². The number of amides is 3. The third kappa shape index (κ3) is 4.62. The third-order valence-corrected chi connectivity index (χ3v) is 4.46. The summed E-state index contributed by atoms with van der Waals surface area (Å²) in [6.45, 7) is 0.194. The number of nitrogens with one attached hydrogen (secondary N) is 1. The number of halogens is 2. The number of carbonyl (C=O) groups is 3. The topological polar surface area (TPSA) is 75.7 Å². The van der Waals surface area contributed by atoms with Crippen molar-refractivity contribution in [2.75, 3.05) is 25.4 Å². The fourth-order valence-corrected chi connectivity index (χ4v) is 3.24. The van der Waals surface area contributed by atoms with Crippen LogP contribution in [0.4, 0.5) is 4.79 Å². The zero-order chi connectivity index (χ0) is 16.1. The molecule has 1 fully saturated rings. The lowest BCUT2D eigenvalue weighted by Gasteiger charge is -2.13. The van der Waals surface area contributed by atoms with Crippen molar-refractivity contribution in [3.8, 4) is 5.75 Å². The number of hydrogen-bond acceptors (Lipinski definition) is 5. The van der Waals surface area contributed by atoms with Crippen LogP contribution in [0.25, 0.3) is 0 Å². The molecule has 1 heterocycles. The number of benzene rings is 1. The van der Waals surface area contributed by atoms with E-state index in [9.17, 15) is 14.4 Å². The SMILES string of the molecule is O=C(COc1ccc(Cl)cc1Br)NCCN1C(=O)CSC1=O. The predicted octanol–water partition coefficient (Wildman–Crippen LogP) is 2.29. The lowest BCUT2D eigenvalue weighted by atomic mass is 10.3. The summed E-state index contributed by atoms with van der Waals surface area (Å²) in [6, 6.07) is 4.97. The van der Waals surface area contributed by atoms with E-state index in [1.165, 1.54) is 0 Å². The maximum atomic E-state index is 11.7. The Morgan fingerprint density at radius 2 is 2.23 bits per heavy atom. The summed E-state index contributed by atoms with van der Waals surface area (Å²) in [4.78, 5) is 35.5. The van der Waals surface area contributed by atoms with Gasteiger partial charge < -0.3 is 10.1 Å².